The molecule has 6 aromatic carbocycles. The molecule has 1 fully saturated rings. The average Bonchev–Trinajstić information content (AvgIpc) is 4.19. The summed E-state index contributed by atoms with van der Waals surface area (Å²) >= 11 is 0. The van der Waals surface area contributed by atoms with Gasteiger partial charge in [0.1, 0.15) is 0 Å². The maximum atomic E-state index is 4.58. The van der Waals surface area contributed by atoms with E-state index >= 15 is 0 Å². The molecule has 1 saturated heterocycles. The zero-order chi connectivity index (χ0) is 42.9. The SMILES string of the molecule is CCn1c2ccccc2c2cc(-n3nncc3-c3ccc(CCN4CCNC(C(C)n5c6ccccc6c6cc(-n7nncc7-c7ccc8[nH]c(C)cc8c7)ccc65)C4)cc3)ccc21. The van der Waals surface area contributed by atoms with Gasteiger partial charge in [-0.1, -0.05) is 77.2 Å². The Labute approximate surface area is 370 Å². The summed E-state index contributed by atoms with van der Waals surface area (Å²) in [5.41, 5.74) is 14.7. The van der Waals surface area contributed by atoms with E-state index in [1.54, 1.807) is 0 Å². The highest BCUT2D eigenvalue weighted by atomic mass is 15.4. The molecule has 11 aromatic rings. The van der Waals surface area contributed by atoms with Crippen LogP contribution >= 0.6 is 0 Å². The lowest BCUT2D eigenvalue weighted by molar-refractivity contribution is 0.176. The number of rotatable bonds is 10. The molecule has 0 saturated carbocycles. The Morgan fingerprint density at radius 3 is 2.03 bits per heavy atom. The summed E-state index contributed by atoms with van der Waals surface area (Å²) in [6.07, 6.45) is 4.71. The number of aromatic amines is 1. The third kappa shape index (κ3) is 6.41. The molecule has 1 aliphatic rings. The third-order valence-electron chi connectivity index (χ3n) is 13.6. The molecule has 0 spiro atoms. The van der Waals surface area contributed by atoms with E-state index in [-0.39, 0.29) is 12.1 Å². The summed E-state index contributed by atoms with van der Waals surface area (Å²) in [7, 11) is 0. The second-order valence-electron chi connectivity index (χ2n) is 17.4. The lowest BCUT2D eigenvalue weighted by Crippen LogP contribution is -2.53. The van der Waals surface area contributed by atoms with Crippen LogP contribution in [0.5, 0.6) is 0 Å². The van der Waals surface area contributed by atoms with Gasteiger partial charge in [-0.25, -0.2) is 9.36 Å². The fraction of sp³-hybridized carbons (Fsp3) is 0.208. The smallest absolute Gasteiger partial charge is 0.0944 e. The molecule has 12 rings (SSSR count). The summed E-state index contributed by atoms with van der Waals surface area (Å²) < 4.78 is 8.84. The predicted molar refractivity (Wildman–Crippen MR) is 259 cm³/mol. The molecule has 11 heteroatoms. The Hall–Kier alpha value is -7.34. The van der Waals surface area contributed by atoms with Crippen LogP contribution in [0.3, 0.4) is 0 Å². The van der Waals surface area contributed by atoms with Crippen LogP contribution < -0.4 is 5.32 Å². The summed E-state index contributed by atoms with van der Waals surface area (Å²) in [4.78, 5) is 6.06. The highest BCUT2D eigenvalue weighted by molar-refractivity contribution is 6.09. The van der Waals surface area contributed by atoms with Crippen molar-refractivity contribution in [2.24, 2.45) is 0 Å². The van der Waals surface area contributed by atoms with Crippen LogP contribution in [-0.2, 0) is 13.0 Å². The maximum Gasteiger partial charge on any atom is 0.0944 e. The van der Waals surface area contributed by atoms with E-state index in [9.17, 15) is 0 Å². The lowest BCUT2D eigenvalue weighted by Gasteiger charge is -2.37. The van der Waals surface area contributed by atoms with E-state index in [1.165, 1.54) is 54.6 Å². The van der Waals surface area contributed by atoms with Gasteiger partial charge in [-0.15, -0.1) is 10.2 Å². The molecule has 2 unspecified atom stereocenters. The molecular weight excluding hydrogens is 791 g/mol. The van der Waals surface area contributed by atoms with E-state index in [4.69, 9.17) is 0 Å². The maximum absolute atomic E-state index is 4.58. The number of aryl methyl sites for hydroxylation is 2. The molecule has 64 heavy (non-hydrogen) atoms. The third-order valence-corrected chi connectivity index (χ3v) is 13.6. The van der Waals surface area contributed by atoms with Crippen molar-refractivity contribution >= 4 is 54.5 Å². The van der Waals surface area contributed by atoms with E-state index in [0.717, 1.165) is 84.2 Å². The number of hydrogen-bond donors (Lipinski definition) is 2. The Balaban J connectivity index is 0.759. The zero-order valence-corrected chi connectivity index (χ0v) is 36.3. The number of para-hydroxylation sites is 2. The summed E-state index contributed by atoms with van der Waals surface area (Å²) in [6, 6.07) is 48.9. The van der Waals surface area contributed by atoms with Crippen LogP contribution in [0.2, 0.25) is 0 Å². The number of nitrogens with zero attached hydrogens (tertiary/aromatic N) is 9. The topological polar surface area (TPSA) is 102 Å². The number of hydrogen-bond acceptors (Lipinski definition) is 6. The van der Waals surface area contributed by atoms with Crippen LogP contribution in [0.25, 0.3) is 88.4 Å². The minimum Gasteiger partial charge on any atom is -0.359 e. The van der Waals surface area contributed by atoms with Gasteiger partial charge in [-0.2, -0.15) is 0 Å². The van der Waals surface area contributed by atoms with Gasteiger partial charge in [-0.05, 0) is 99.5 Å². The van der Waals surface area contributed by atoms with Crippen LogP contribution in [0.4, 0.5) is 0 Å². The summed E-state index contributed by atoms with van der Waals surface area (Å²) in [5.74, 6) is 0. The number of piperazine rings is 1. The quantitative estimate of drug-likeness (QED) is 0.142. The monoisotopic (exact) mass is 839 g/mol. The largest absolute Gasteiger partial charge is 0.359 e. The molecule has 2 atom stereocenters. The highest BCUT2D eigenvalue weighted by Crippen LogP contribution is 2.36. The van der Waals surface area contributed by atoms with E-state index < -0.39 is 0 Å². The van der Waals surface area contributed by atoms with Gasteiger partial charge in [0, 0.05) is 116 Å². The fourth-order valence-electron chi connectivity index (χ4n) is 10.4. The predicted octanol–water partition coefficient (Wildman–Crippen LogP) is 10.3. The van der Waals surface area contributed by atoms with Gasteiger partial charge in [0.15, 0.2) is 0 Å². The minimum absolute atomic E-state index is 0.221. The molecule has 1 aliphatic heterocycles. The van der Waals surface area contributed by atoms with Gasteiger partial charge in [0.05, 0.1) is 35.2 Å². The molecular formula is C53H49N11. The first kappa shape index (κ1) is 38.3. The molecule has 2 N–H and O–H groups in total. The normalized spacial score (nSPS) is 15.4. The molecule has 0 bridgehead atoms. The van der Waals surface area contributed by atoms with Crippen molar-refractivity contribution < 1.29 is 0 Å². The first-order chi connectivity index (χ1) is 31.5. The first-order valence-electron chi connectivity index (χ1n) is 22.5. The number of aromatic nitrogens is 9. The van der Waals surface area contributed by atoms with E-state index in [0.29, 0.717) is 0 Å². The van der Waals surface area contributed by atoms with Crippen molar-refractivity contribution in [3.8, 4) is 33.9 Å². The highest BCUT2D eigenvalue weighted by Gasteiger charge is 2.28. The van der Waals surface area contributed by atoms with Crippen molar-refractivity contribution in [1.29, 1.82) is 0 Å². The van der Waals surface area contributed by atoms with Crippen molar-refractivity contribution in [2.75, 3.05) is 26.2 Å². The van der Waals surface area contributed by atoms with Crippen molar-refractivity contribution in [3.05, 3.63) is 157 Å². The van der Waals surface area contributed by atoms with Crippen LogP contribution in [0.1, 0.15) is 31.1 Å². The Morgan fingerprint density at radius 2 is 1.28 bits per heavy atom. The molecule has 0 radical (unpaired) electrons. The summed E-state index contributed by atoms with van der Waals surface area (Å²) in [5, 5.41) is 27.9. The van der Waals surface area contributed by atoms with Gasteiger partial charge in [0.25, 0.3) is 0 Å². The van der Waals surface area contributed by atoms with Crippen molar-refractivity contribution in [2.45, 2.75) is 45.8 Å². The van der Waals surface area contributed by atoms with Crippen LogP contribution in [-0.4, -0.2) is 81.2 Å². The number of nitrogens with one attached hydrogen (secondary N) is 2. The Bertz CT molecular complexity index is 3510. The minimum atomic E-state index is 0.221. The zero-order valence-electron chi connectivity index (χ0n) is 36.3. The standard InChI is InChI=1S/C53H49N11/c1-4-61-48-11-7-5-9-42(48)44-29-40(18-21-49(44)61)63-52(31-55-58-63)37-15-13-36(14-16-37)23-25-60-26-24-54-47(33-60)35(3)62-50-12-8-6-10-43(50)45-30-41(19-22-51(45)62)64-53(32-56-59-64)38-17-20-46-39(28-38)27-34(2)57-46/h5-22,27-32,35,47,54,57H,4,23-26,33H2,1-3H3. The first-order valence-corrected chi connectivity index (χ1v) is 22.5. The molecule has 0 amide bonds. The molecule has 11 nitrogen and oxygen atoms in total. The lowest BCUT2D eigenvalue weighted by atomic mass is 10.0. The van der Waals surface area contributed by atoms with Crippen molar-refractivity contribution in [3.63, 3.8) is 0 Å². The molecule has 5 aromatic heterocycles. The van der Waals surface area contributed by atoms with Gasteiger partial charge < -0.3 is 24.3 Å². The number of H-pyrrole nitrogens is 1. The Morgan fingerprint density at radius 1 is 0.656 bits per heavy atom. The average molecular weight is 840 g/mol. The van der Waals surface area contributed by atoms with Crippen LogP contribution in [0, 0.1) is 6.92 Å². The number of fused-ring (bicyclic) bond motifs is 7. The van der Waals surface area contributed by atoms with E-state index in [1.807, 2.05) is 21.8 Å². The van der Waals surface area contributed by atoms with E-state index in [2.05, 4.69) is 199 Å². The second kappa shape index (κ2) is 15.5. The molecule has 6 heterocycles. The van der Waals surface area contributed by atoms with Gasteiger partial charge in [0.2, 0.25) is 0 Å². The number of benzene rings is 6. The Kier molecular flexibility index (Phi) is 9.27. The summed E-state index contributed by atoms with van der Waals surface area (Å²) in [6.45, 7) is 11.5. The fourth-order valence-corrected chi connectivity index (χ4v) is 10.4. The molecule has 316 valence electrons. The molecule has 0 aliphatic carbocycles. The van der Waals surface area contributed by atoms with Crippen LogP contribution in [0.15, 0.2) is 146 Å². The van der Waals surface area contributed by atoms with Gasteiger partial charge >= 0.3 is 0 Å². The second-order valence-corrected chi connectivity index (χ2v) is 17.4. The van der Waals surface area contributed by atoms with Crippen molar-refractivity contribution in [1.82, 2.24) is 54.3 Å². The van der Waals surface area contributed by atoms with Gasteiger partial charge in [-0.3, -0.25) is 0 Å².